The highest BCUT2D eigenvalue weighted by Gasteiger charge is 2.18. The summed E-state index contributed by atoms with van der Waals surface area (Å²) in [6.07, 6.45) is 0. The molecule has 0 unspecified atom stereocenters. The molecule has 2 aromatic heterocycles. The second-order valence-electron chi connectivity index (χ2n) is 14.8. The van der Waals surface area contributed by atoms with E-state index in [0.29, 0.717) is 0 Å². The number of fused-ring (bicyclic) bond motifs is 4. The van der Waals surface area contributed by atoms with Crippen molar-refractivity contribution in [2.75, 3.05) is 0 Å². The smallest absolute Gasteiger partial charge is 0.0355 e. The van der Waals surface area contributed by atoms with Crippen LogP contribution in [0.15, 0.2) is 169 Å². The SMILES string of the molecule is c1cc2ccc3ccc(-c4ccc5sc6ccc(-c7ccc8ccc9c(-c%10csc%11ccccc%10%11)ccc%10ccc7c8c%109)cc6c5c4)c4ccc(c1)c2c34. The Morgan fingerprint density at radius 1 is 0.278 bits per heavy atom. The Kier molecular flexibility index (Phi) is 5.75. The third-order valence-corrected chi connectivity index (χ3v) is 14.2. The summed E-state index contributed by atoms with van der Waals surface area (Å²) in [6.45, 7) is 0. The zero-order valence-corrected chi connectivity index (χ0v) is 30.6. The van der Waals surface area contributed by atoms with Crippen LogP contribution in [0.4, 0.5) is 0 Å². The highest BCUT2D eigenvalue weighted by molar-refractivity contribution is 7.25. The van der Waals surface area contributed by atoms with Crippen molar-refractivity contribution in [3.63, 3.8) is 0 Å². The molecule has 0 spiro atoms. The van der Waals surface area contributed by atoms with Crippen molar-refractivity contribution in [3.05, 3.63) is 169 Å². The lowest BCUT2D eigenvalue weighted by atomic mass is 9.87. The van der Waals surface area contributed by atoms with Gasteiger partial charge in [-0.1, -0.05) is 133 Å². The van der Waals surface area contributed by atoms with Crippen LogP contribution in [0.5, 0.6) is 0 Å². The zero-order valence-electron chi connectivity index (χ0n) is 29.0. The van der Waals surface area contributed by atoms with Crippen molar-refractivity contribution in [1.29, 1.82) is 0 Å². The minimum atomic E-state index is 1.26. The highest BCUT2D eigenvalue weighted by Crippen LogP contribution is 2.46. The van der Waals surface area contributed by atoms with Gasteiger partial charge in [0.2, 0.25) is 0 Å². The second-order valence-corrected chi connectivity index (χ2v) is 16.8. The Hall–Kier alpha value is -6.32. The van der Waals surface area contributed by atoms with Crippen molar-refractivity contribution >= 4 is 118 Å². The fraction of sp³-hybridized carbons (Fsp3) is 0. The number of hydrogen-bond donors (Lipinski definition) is 0. The molecule has 13 rings (SSSR count). The number of thiophene rings is 2. The lowest BCUT2D eigenvalue weighted by Gasteiger charge is -2.16. The van der Waals surface area contributed by atoms with E-state index in [-0.39, 0.29) is 0 Å². The average molecular weight is 717 g/mol. The second kappa shape index (κ2) is 10.6. The van der Waals surface area contributed by atoms with Crippen molar-refractivity contribution in [2.24, 2.45) is 0 Å². The van der Waals surface area contributed by atoms with Gasteiger partial charge in [0.1, 0.15) is 0 Å². The standard InChI is InChI=1S/C52H28S2/c1-2-7-46-39(6-1)45(28-53-46)38-20-12-33-14-22-41-37(19-11-32-15-23-42(38)52(33)51(32)41)35-17-25-48-44(27-35)43-26-34(16-24-47(43)54-48)36-18-10-31-9-8-29-4-3-5-30-13-21-40(36)50(31)49(29)30/h1-28H. The molecule has 0 saturated heterocycles. The Labute approximate surface area is 318 Å². The number of hydrogen-bond acceptors (Lipinski definition) is 2. The summed E-state index contributed by atoms with van der Waals surface area (Å²) in [5.74, 6) is 0. The molecular weight excluding hydrogens is 689 g/mol. The Bertz CT molecular complexity index is 3660. The Morgan fingerprint density at radius 2 is 0.759 bits per heavy atom. The summed E-state index contributed by atoms with van der Waals surface area (Å²) in [7, 11) is 0. The van der Waals surface area contributed by atoms with E-state index in [0.717, 1.165) is 0 Å². The third-order valence-electron chi connectivity index (χ3n) is 12.1. The monoisotopic (exact) mass is 716 g/mol. The molecule has 248 valence electrons. The van der Waals surface area contributed by atoms with Gasteiger partial charge in [-0.25, -0.2) is 0 Å². The van der Waals surface area contributed by atoms with E-state index in [1.54, 1.807) is 0 Å². The van der Waals surface area contributed by atoms with Crippen molar-refractivity contribution in [3.8, 4) is 33.4 Å². The minimum absolute atomic E-state index is 1.26. The summed E-state index contributed by atoms with van der Waals surface area (Å²) in [4.78, 5) is 0. The average Bonchev–Trinajstić information content (AvgIpc) is 3.83. The van der Waals surface area contributed by atoms with Gasteiger partial charge in [0.25, 0.3) is 0 Å². The molecule has 0 saturated carbocycles. The molecule has 2 heterocycles. The van der Waals surface area contributed by atoms with Crippen LogP contribution in [0, 0.1) is 0 Å². The topological polar surface area (TPSA) is 0 Å². The van der Waals surface area contributed by atoms with E-state index in [4.69, 9.17) is 0 Å². The minimum Gasteiger partial charge on any atom is -0.143 e. The molecule has 0 bridgehead atoms. The number of rotatable bonds is 3. The van der Waals surface area contributed by atoms with Gasteiger partial charge < -0.3 is 0 Å². The lowest BCUT2D eigenvalue weighted by molar-refractivity contribution is 1.71. The van der Waals surface area contributed by atoms with E-state index >= 15 is 0 Å². The van der Waals surface area contributed by atoms with Crippen molar-refractivity contribution in [1.82, 2.24) is 0 Å². The normalized spacial score (nSPS) is 12.4. The van der Waals surface area contributed by atoms with Crippen LogP contribution >= 0.6 is 22.7 Å². The first kappa shape index (κ1) is 29.2. The largest absolute Gasteiger partial charge is 0.143 e. The molecule has 13 aromatic rings. The van der Waals surface area contributed by atoms with Crippen LogP contribution in [-0.2, 0) is 0 Å². The van der Waals surface area contributed by atoms with Crippen LogP contribution in [0.25, 0.3) is 128 Å². The van der Waals surface area contributed by atoms with Crippen molar-refractivity contribution in [2.45, 2.75) is 0 Å². The van der Waals surface area contributed by atoms with Gasteiger partial charge in [-0.3, -0.25) is 0 Å². The van der Waals surface area contributed by atoms with Gasteiger partial charge in [0, 0.05) is 35.8 Å². The summed E-state index contributed by atoms with van der Waals surface area (Å²) < 4.78 is 3.99. The molecular formula is C52H28S2. The van der Waals surface area contributed by atoms with E-state index in [2.05, 4.69) is 169 Å². The van der Waals surface area contributed by atoms with E-state index in [1.807, 2.05) is 22.7 Å². The molecule has 0 radical (unpaired) electrons. The maximum Gasteiger partial charge on any atom is 0.0355 e. The molecule has 54 heavy (non-hydrogen) atoms. The van der Waals surface area contributed by atoms with E-state index in [1.165, 1.54) is 128 Å². The quantitative estimate of drug-likeness (QED) is 0.160. The maximum atomic E-state index is 2.44. The zero-order chi connectivity index (χ0) is 35.1. The summed E-state index contributed by atoms with van der Waals surface area (Å²) in [5, 5.41) is 22.2. The van der Waals surface area contributed by atoms with Crippen LogP contribution in [-0.4, -0.2) is 0 Å². The molecule has 11 aromatic carbocycles. The predicted octanol–water partition coefficient (Wildman–Crippen LogP) is 16.1. The summed E-state index contributed by atoms with van der Waals surface area (Å²) in [5.41, 5.74) is 7.74. The lowest BCUT2D eigenvalue weighted by Crippen LogP contribution is -1.89. The maximum absolute atomic E-state index is 2.44. The third kappa shape index (κ3) is 3.91. The molecule has 0 nitrogen and oxygen atoms in total. The predicted molar refractivity (Wildman–Crippen MR) is 238 cm³/mol. The molecule has 0 N–H and O–H groups in total. The molecule has 2 heteroatoms. The molecule has 0 amide bonds. The fourth-order valence-corrected chi connectivity index (χ4v) is 11.6. The van der Waals surface area contributed by atoms with Crippen LogP contribution in [0.2, 0.25) is 0 Å². The van der Waals surface area contributed by atoms with Gasteiger partial charge >= 0.3 is 0 Å². The van der Waals surface area contributed by atoms with Crippen LogP contribution in [0.3, 0.4) is 0 Å². The first-order valence-corrected chi connectivity index (χ1v) is 20.3. The fourth-order valence-electron chi connectivity index (χ4n) is 9.57. The van der Waals surface area contributed by atoms with Gasteiger partial charge in [-0.15, -0.1) is 22.7 Å². The van der Waals surface area contributed by atoms with E-state index < -0.39 is 0 Å². The summed E-state index contributed by atoms with van der Waals surface area (Å²) >= 11 is 3.72. The molecule has 0 fully saturated rings. The Balaban J connectivity index is 1.00. The molecule has 0 atom stereocenters. The van der Waals surface area contributed by atoms with E-state index in [9.17, 15) is 0 Å². The Morgan fingerprint density at radius 3 is 1.37 bits per heavy atom. The van der Waals surface area contributed by atoms with Gasteiger partial charge in [0.15, 0.2) is 0 Å². The summed E-state index contributed by atoms with van der Waals surface area (Å²) in [6, 6.07) is 62.0. The van der Waals surface area contributed by atoms with Gasteiger partial charge in [-0.2, -0.15) is 0 Å². The highest BCUT2D eigenvalue weighted by atomic mass is 32.1. The molecule has 0 aliphatic rings. The molecule has 0 aliphatic heterocycles. The van der Waals surface area contributed by atoms with Gasteiger partial charge in [0.05, 0.1) is 0 Å². The molecule has 0 aliphatic carbocycles. The number of benzene rings is 11. The van der Waals surface area contributed by atoms with Crippen molar-refractivity contribution < 1.29 is 0 Å². The van der Waals surface area contributed by atoms with Gasteiger partial charge in [-0.05, 0) is 128 Å². The van der Waals surface area contributed by atoms with Crippen LogP contribution in [0.1, 0.15) is 0 Å². The van der Waals surface area contributed by atoms with Crippen LogP contribution < -0.4 is 0 Å². The first-order valence-electron chi connectivity index (χ1n) is 18.6. The first-order chi connectivity index (χ1) is 26.7.